The van der Waals surface area contributed by atoms with E-state index in [1.807, 2.05) is 19.9 Å². The van der Waals surface area contributed by atoms with Gasteiger partial charge in [-0.2, -0.15) is 8.42 Å². The fraction of sp³-hybridized carbons (Fsp3) is 0.333. The summed E-state index contributed by atoms with van der Waals surface area (Å²) in [5.41, 5.74) is 0.593. The van der Waals surface area contributed by atoms with Gasteiger partial charge in [0, 0.05) is 13.1 Å². The van der Waals surface area contributed by atoms with Gasteiger partial charge in [-0.25, -0.2) is 0 Å². The number of hydrogen-bond donors (Lipinski definition) is 1. The van der Waals surface area contributed by atoms with Crippen molar-refractivity contribution in [1.82, 2.24) is 5.32 Å². The maximum Gasteiger partial charge on any atom is 0.297 e. The molecule has 0 saturated heterocycles. The number of para-hydroxylation sites is 1. The average molecular weight is 308 g/mol. The number of furan rings is 1. The number of sulfonamides is 1. The van der Waals surface area contributed by atoms with Gasteiger partial charge in [0.1, 0.15) is 5.76 Å². The van der Waals surface area contributed by atoms with E-state index in [-0.39, 0.29) is 5.09 Å². The number of benzene rings is 1. The third-order valence-electron chi connectivity index (χ3n) is 3.06. The zero-order valence-electron chi connectivity index (χ0n) is 12.4. The molecule has 21 heavy (non-hydrogen) atoms. The minimum atomic E-state index is -3.67. The lowest BCUT2D eigenvalue weighted by Gasteiger charge is -2.17. The molecule has 0 radical (unpaired) electrons. The Bertz CT molecular complexity index is 678. The predicted molar refractivity (Wildman–Crippen MR) is 82.7 cm³/mol. The fourth-order valence-corrected chi connectivity index (χ4v) is 2.93. The van der Waals surface area contributed by atoms with Gasteiger partial charge in [-0.05, 0) is 24.3 Å². The molecule has 1 aromatic carbocycles. The molecule has 2 rings (SSSR count). The average Bonchev–Trinajstić information content (AvgIpc) is 2.95. The van der Waals surface area contributed by atoms with Crippen LogP contribution in [0.1, 0.15) is 19.6 Å². The lowest BCUT2D eigenvalue weighted by atomic mass is 10.3. The van der Waals surface area contributed by atoms with Crippen molar-refractivity contribution in [3.63, 3.8) is 0 Å². The van der Waals surface area contributed by atoms with Crippen molar-refractivity contribution in [2.75, 3.05) is 11.4 Å². The molecule has 1 aromatic heterocycles. The number of anilines is 1. The van der Waals surface area contributed by atoms with Crippen LogP contribution in [0.3, 0.4) is 0 Å². The summed E-state index contributed by atoms with van der Waals surface area (Å²) in [5, 5.41) is 3.14. The van der Waals surface area contributed by atoms with Crippen LogP contribution in [0.5, 0.6) is 0 Å². The first-order valence-electron chi connectivity index (χ1n) is 6.77. The monoisotopic (exact) mass is 308 g/mol. The topological polar surface area (TPSA) is 62.6 Å². The highest BCUT2D eigenvalue weighted by Gasteiger charge is 2.24. The molecule has 2 aromatic rings. The zero-order chi connectivity index (χ0) is 15.5. The largest absolute Gasteiger partial charge is 0.446 e. The first-order chi connectivity index (χ1) is 9.91. The van der Waals surface area contributed by atoms with Crippen molar-refractivity contribution in [3.8, 4) is 0 Å². The predicted octanol–water partition coefficient (Wildman–Crippen LogP) is 2.60. The Labute approximate surface area is 125 Å². The van der Waals surface area contributed by atoms with Crippen LogP contribution in [0.15, 0.2) is 52.0 Å². The van der Waals surface area contributed by atoms with Gasteiger partial charge in [-0.15, -0.1) is 0 Å². The van der Waals surface area contributed by atoms with Crippen LogP contribution < -0.4 is 9.62 Å². The minimum absolute atomic E-state index is 0.0468. The number of nitrogens with one attached hydrogen (secondary N) is 1. The standard InChI is InChI=1S/C15H20N2O3S/c1-12(2)16-11-14-9-10-15(20-14)21(18,19)17(3)13-7-5-4-6-8-13/h4-10,12,16H,11H2,1-3H3. The van der Waals surface area contributed by atoms with Crippen molar-refractivity contribution in [1.29, 1.82) is 0 Å². The molecule has 0 aliphatic heterocycles. The first kappa shape index (κ1) is 15.6. The van der Waals surface area contributed by atoms with Gasteiger partial charge < -0.3 is 9.73 Å². The van der Waals surface area contributed by atoms with Gasteiger partial charge in [0.15, 0.2) is 0 Å². The molecule has 1 N–H and O–H groups in total. The highest BCUT2D eigenvalue weighted by atomic mass is 32.2. The summed E-state index contributed by atoms with van der Waals surface area (Å²) < 4.78 is 31.7. The Kier molecular flexibility index (Phi) is 4.69. The Hall–Kier alpha value is -1.79. The van der Waals surface area contributed by atoms with Crippen LogP contribution in [-0.4, -0.2) is 21.5 Å². The molecule has 0 aliphatic carbocycles. The normalized spacial score (nSPS) is 11.8. The van der Waals surface area contributed by atoms with Crippen LogP contribution in [0, 0.1) is 0 Å². The maximum atomic E-state index is 12.5. The highest BCUT2D eigenvalue weighted by Crippen LogP contribution is 2.23. The van der Waals surface area contributed by atoms with Crippen molar-refractivity contribution < 1.29 is 12.8 Å². The summed E-state index contributed by atoms with van der Waals surface area (Å²) in [6.07, 6.45) is 0. The van der Waals surface area contributed by atoms with Crippen LogP contribution >= 0.6 is 0 Å². The van der Waals surface area contributed by atoms with E-state index in [0.717, 1.165) is 0 Å². The Morgan fingerprint density at radius 2 is 1.81 bits per heavy atom. The molecule has 0 spiro atoms. The van der Waals surface area contributed by atoms with E-state index in [2.05, 4.69) is 5.32 Å². The molecule has 0 bridgehead atoms. The minimum Gasteiger partial charge on any atom is -0.446 e. The molecular formula is C15H20N2O3S. The second-order valence-corrected chi connectivity index (χ2v) is 6.96. The van der Waals surface area contributed by atoms with E-state index >= 15 is 0 Å². The van der Waals surface area contributed by atoms with Crippen LogP contribution in [0.25, 0.3) is 0 Å². The molecule has 0 unspecified atom stereocenters. The zero-order valence-corrected chi connectivity index (χ0v) is 13.2. The highest BCUT2D eigenvalue weighted by molar-refractivity contribution is 7.92. The van der Waals surface area contributed by atoms with Crippen LogP contribution in [0.4, 0.5) is 5.69 Å². The van der Waals surface area contributed by atoms with Gasteiger partial charge >= 0.3 is 0 Å². The van der Waals surface area contributed by atoms with E-state index in [0.29, 0.717) is 24.0 Å². The maximum absolute atomic E-state index is 12.5. The number of hydrogen-bond acceptors (Lipinski definition) is 4. The van der Waals surface area contributed by atoms with Crippen LogP contribution in [-0.2, 0) is 16.6 Å². The first-order valence-corrected chi connectivity index (χ1v) is 8.21. The molecule has 0 amide bonds. The quantitative estimate of drug-likeness (QED) is 0.891. The van der Waals surface area contributed by atoms with Gasteiger partial charge in [0.25, 0.3) is 10.0 Å². The van der Waals surface area contributed by atoms with Crippen molar-refractivity contribution in [3.05, 3.63) is 48.2 Å². The smallest absolute Gasteiger partial charge is 0.297 e. The Balaban J connectivity index is 2.20. The second-order valence-electron chi connectivity index (χ2n) is 5.06. The SMILES string of the molecule is CC(C)NCc1ccc(S(=O)(=O)N(C)c2ccccc2)o1. The lowest BCUT2D eigenvalue weighted by molar-refractivity contribution is 0.395. The number of rotatable bonds is 6. The van der Waals surface area contributed by atoms with Gasteiger partial charge in [-0.3, -0.25) is 4.31 Å². The second kappa shape index (κ2) is 6.32. The summed E-state index contributed by atoms with van der Waals surface area (Å²) in [5.74, 6) is 0.601. The van der Waals surface area contributed by atoms with Crippen molar-refractivity contribution in [2.45, 2.75) is 31.5 Å². The Morgan fingerprint density at radius 1 is 1.14 bits per heavy atom. The fourth-order valence-electron chi connectivity index (χ4n) is 1.81. The van der Waals surface area contributed by atoms with Crippen LogP contribution in [0.2, 0.25) is 0 Å². The van der Waals surface area contributed by atoms with E-state index in [4.69, 9.17) is 4.42 Å². The summed E-state index contributed by atoms with van der Waals surface area (Å²) in [6, 6.07) is 12.4. The molecule has 0 fully saturated rings. The van der Waals surface area contributed by atoms with E-state index in [9.17, 15) is 8.42 Å². The third-order valence-corrected chi connectivity index (χ3v) is 4.72. The van der Waals surface area contributed by atoms with Gasteiger partial charge in [-0.1, -0.05) is 32.0 Å². The Morgan fingerprint density at radius 3 is 2.43 bits per heavy atom. The summed E-state index contributed by atoms with van der Waals surface area (Å²) >= 11 is 0. The molecular weight excluding hydrogens is 288 g/mol. The lowest BCUT2D eigenvalue weighted by Crippen LogP contribution is -2.26. The molecule has 1 heterocycles. The molecule has 114 valence electrons. The van der Waals surface area contributed by atoms with E-state index < -0.39 is 10.0 Å². The molecule has 5 nitrogen and oxygen atoms in total. The molecule has 0 saturated carbocycles. The summed E-state index contributed by atoms with van der Waals surface area (Å²) in [6.45, 7) is 4.54. The third kappa shape index (κ3) is 3.65. The summed E-state index contributed by atoms with van der Waals surface area (Å²) in [7, 11) is -2.16. The van der Waals surface area contributed by atoms with Crippen molar-refractivity contribution >= 4 is 15.7 Å². The van der Waals surface area contributed by atoms with Gasteiger partial charge in [0.2, 0.25) is 5.09 Å². The summed E-state index contributed by atoms with van der Waals surface area (Å²) in [4.78, 5) is 0. The molecule has 0 aliphatic rings. The van der Waals surface area contributed by atoms with Gasteiger partial charge in [0.05, 0.1) is 12.2 Å². The van der Waals surface area contributed by atoms with Crippen molar-refractivity contribution in [2.24, 2.45) is 0 Å². The molecule has 0 atom stereocenters. The van der Waals surface area contributed by atoms with E-state index in [1.165, 1.54) is 17.4 Å². The number of nitrogens with zero attached hydrogens (tertiary/aromatic N) is 1. The molecule has 6 heteroatoms. The van der Waals surface area contributed by atoms with E-state index in [1.54, 1.807) is 30.3 Å².